The van der Waals surface area contributed by atoms with E-state index in [1.165, 1.54) is 23.1 Å². The Hall–Kier alpha value is -6.28. The van der Waals surface area contributed by atoms with E-state index in [0.717, 1.165) is 33.5 Å². The fourth-order valence-corrected chi connectivity index (χ4v) is 12.8. The lowest BCUT2D eigenvalue weighted by atomic mass is 9.67. The van der Waals surface area contributed by atoms with E-state index >= 15 is 0 Å². The molecule has 0 radical (unpaired) electrons. The molecule has 378 valence electrons. The van der Waals surface area contributed by atoms with Crippen molar-refractivity contribution in [2.75, 3.05) is 24.2 Å². The van der Waals surface area contributed by atoms with E-state index in [1.54, 1.807) is 55.6 Å². The lowest BCUT2D eigenvalue weighted by Gasteiger charge is -2.45. The number of allylic oxidation sites excluding steroid dienone is 1. The number of carbonyl (C=O) groups excluding carboxylic acids is 1. The van der Waals surface area contributed by atoms with Crippen molar-refractivity contribution < 1.29 is 53.6 Å². The maximum Gasteiger partial charge on any atom is 0.303 e. The maximum absolute atomic E-state index is 14.7. The van der Waals surface area contributed by atoms with Gasteiger partial charge in [-0.15, -0.1) is 0 Å². The van der Waals surface area contributed by atoms with Gasteiger partial charge in [-0.2, -0.15) is 25.3 Å². The summed E-state index contributed by atoms with van der Waals surface area (Å²) in [6.07, 6.45) is 3.88. The van der Waals surface area contributed by atoms with Crippen LogP contribution in [0.3, 0.4) is 0 Å². The van der Waals surface area contributed by atoms with Crippen molar-refractivity contribution in [3.05, 3.63) is 170 Å². The summed E-state index contributed by atoms with van der Waals surface area (Å²) < 4.78 is 110. The van der Waals surface area contributed by atoms with Crippen molar-refractivity contribution in [2.45, 2.75) is 101 Å². The molecule has 0 saturated heterocycles. The molecule has 2 aliphatic heterocycles. The van der Waals surface area contributed by atoms with E-state index in [4.69, 9.17) is 0 Å². The molecule has 8 rings (SSSR count). The molecule has 5 aromatic rings. The molecule has 4 N–H and O–H groups in total. The molecule has 0 unspecified atom stereocenters. The molecular formula is C54H58N3O12S3+. The molecule has 1 amide bonds. The third kappa shape index (κ3) is 9.83. The summed E-state index contributed by atoms with van der Waals surface area (Å²) in [4.78, 5) is 29.2. The van der Waals surface area contributed by atoms with Crippen LogP contribution in [0.1, 0.15) is 116 Å². The molecule has 0 bridgehead atoms. The number of carbonyl (C=O) groups is 2. The number of amides is 1. The lowest BCUT2D eigenvalue weighted by molar-refractivity contribution is -0.137. The first kappa shape index (κ1) is 52.1. The maximum atomic E-state index is 14.7. The van der Waals surface area contributed by atoms with Crippen LogP contribution in [0.4, 0.5) is 5.69 Å². The molecule has 0 atom stereocenters. The van der Waals surface area contributed by atoms with Crippen molar-refractivity contribution >= 4 is 64.6 Å². The lowest BCUT2D eigenvalue weighted by Crippen LogP contribution is -2.51. The highest BCUT2D eigenvalue weighted by atomic mass is 32.2. The van der Waals surface area contributed by atoms with Crippen LogP contribution in [0.2, 0.25) is 0 Å². The quantitative estimate of drug-likeness (QED) is 0.0653. The number of carboxylic acids is 1. The summed E-state index contributed by atoms with van der Waals surface area (Å²) in [5.74, 6) is -2.11. The van der Waals surface area contributed by atoms with Gasteiger partial charge in [-0.05, 0) is 119 Å². The van der Waals surface area contributed by atoms with Crippen LogP contribution in [0.5, 0.6) is 0 Å². The third-order valence-corrected chi connectivity index (χ3v) is 16.7. The number of carboxylic acid groups (broad SMARTS) is 1. The number of anilines is 1. The number of hydrogen-bond acceptors (Lipinski definition) is 9. The highest BCUT2D eigenvalue weighted by Crippen LogP contribution is 2.48. The first-order valence-electron chi connectivity index (χ1n) is 23.3. The van der Waals surface area contributed by atoms with E-state index in [-0.39, 0.29) is 59.3 Å². The van der Waals surface area contributed by atoms with Gasteiger partial charge in [0.15, 0.2) is 12.1 Å². The van der Waals surface area contributed by atoms with Crippen LogP contribution < -0.4 is 20.1 Å². The predicted molar refractivity (Wildman–Crippen MR) is 276 cm³/mol. The Labute approximate surface area is 420 Å². The van der Waals surface area contributed by atoms with Gasteiger partial charge in [0.05, 0.1) is 16.0 Å². The second kappa shape index (κ2) is 18.3. The molecule has 0 aromatic heterocycles. The molecule has 0 fully saturated rings. The van der Waals surface area contributed by atoms with Gasteiger partial charge in [-0.3, -0.25) is 23.2 Å². The zero-order chi connectivity index (χ0) is 52.7. The average molecular weight is 1040 g/mol. The minimum absolute atomic E-state index is 0.0578. The second-order valence-electron chi connectivity index (χ2n) is 20.5. The highest BCUT2D eigenvalue weighted by Gasteiger charge is 2.42. The second-order valence-corrected chi connectivity index (χ2v) is 24.7. The minimum Gasteiger partial charge on any atom is -0.481 e. The Morgan fingerprint density at radius 3 is 1.92 bits per heavy atom. The average Bonchev–Trinajstić information content (AvgIpc) is 3.27. The molecule has 3 aliphatic rings. The van der Waals surface area contributed by atoms with E-state index in [9.17, 15) is 53.6 Å². The van der Waals surface area contributed by atoms with E-state index in [1.807, 2.05) is 77.3 Å². The Morgan fingerprint density at radius 2 is 1.29 bits per heavy atom. The normalized spacial score (nSPS) is 16.7. The van der Waals surface area contributed by atoms with Crippen LogP contribution in [-0.4, -0.2) is 91.2 Å². The number of fused-ring (bicyclic) bond motifs is 4. The number of rotatable bonds is 14. The fraction of sp³-hybridized carbons (Fsp3) is 0.315. The number of nitrogens with zero attached hydrogens (tertiary/aromatic N) is 3. The zero-order valence-corrected chi connectivity index (χ0v) is 43.7. The Balaban J connectivity index is 1.50. The first-order chi connectivity index (χ1) is 33.4. The van der Waals surface area contributed by atoms with Gasteiger partial charge in [0.2, 0.25) is 5.36 Å². The number of aliphatic carboxylic acids is 1. The van der Waals surface area contributed by atoms with E-state index in [2.05, 4.69) is 23.1 Å². The standard InChI is InChI=1S/C54H57N3O12S3/c1-33-28-52(2,3)56(30-34-16-9-13-20-47(34)71(64,65)66)45-26-43-41(24-39(33)45)50(37-18-11-12-19-38(37)51(60)55(8)23-15-22-49(58)59)42-25-40-36(32-70(61,62)63)29-53(4,5)57(46(40)27-44(42)54(43,6)7)31-35-17-10-14-21-48(35)72(67,68)69/h9-14,16-21,24-29H,15,22-23,30-32H2,1-8H3,(H3-,58,59,61,62,63,64,65,66,67,68,69)/p+1. The van der Waals surface area contributed by atoms with Crippen molar-refractivity contribution in [1.29, 1.82) is 0 Å². The fourth-order valence-electron chi connectivity index (χ4n) is 10.8. The molecule has 2 heterocycles. The van der Waals surface area contributed by atoms with Crippen molar-refractivity contribution in [2.24, 2.45) is 0 Å². The van der Waals surface area contributed by atoms with Crippen LogP contribution >= 0.6 is 0 Å². The summed E-state index contributed by atoms with van der Waals surface area (Å²) in [6, 6.07) is 27.4. The topological polar surface area (TPSA) is 227 Å². The van der Waals surface area contributed by atoms with E-state index in [0.29, 0.717) is 38.4 Å². The molecule has 18 heteroatoms. The Morgan fingerprint density at radius 1 is 0.694 bits per heavy atom. The Bertz CT molecular complexity index is 3690. The predicted octanol–water partition coefficient (Wildman–Crippen LogP) is 6.96. The molecule has 5 aromatic carbocycles. The van der Waals surface area contributed by atoms with Crippen LogP contribution in [0.15, 0.2) is 119 Å². The SMILES string of the molecule is CC1=CC(C)(C)N(Cc2ccccc2S(=O)(=O)O)c2cc3c(cc21)C(c1ccccc1C(=O)N(C)CCCC(=O)O)=c1cc2c(cc1C3(C)C)=[N+](Cc1ccccc1S(=O)(=O)O)C(C)(C)C=C2CS(=O)(=O)O. The van der Waals surface area contributed by atoms with E-state index < -0.39 is 58.6 Å². The van der Waals surface area contributed by atoms with Gasteiger partial charge in [-0.1, -0.05) is 74.5 Å². The molecule has 1 aliphatic carbocycles. The molecular weight excluding hydrogens is 979 g/mol. The summed E-state index contributed by atoms with van der Waals surface area (Å²) in [5.41, 5.74) is 4.95. The monoisotopic (exact) mass is 1040 g/mol. The molecule has 15 nitrogen and oxygen atoms in total. The largest absolute Gasteiger partial charge is 0.481 e. The van der Waals surface area contributed by atoms with Gasteiger partial charge in [0.1, 0.15) is 10.6 Å². The zero-order valence-electron chi connectivity index (χ0n) is 41.3. The smallest absolute Gasteiger partial charge is 0.303 e. The van der Waals surface area contributed by atoms with Gasteiger partial charge in [0.25, 0.3) is 36.3 Å². The summed E-state index contributed by atoms with van der Waals surface area (Å²) in [5, 5.41) is 10.5. The number of benzene rings is 5. The van der Waals surface area contributed by atoms with Gasteiger partial charge < -0.3 is 14.9 Å². The summed E-state index contributed by atoms with van der Waals surface area (Å²) in [7, 11) is -12.3. The van der Waals surface area contributed by atoms with Gasteiger partial charge in [-0.25, -0.2) is 4.58 Å². The summed E-state index contributed by atoms with van der Waals surface area (Å²) >= 11 is 0. The number of hydrogen-bond donors (Lipinski definition) is 4. The van der Waals surface area contributed by atoms with Gasteiger partial charge >= 0.3 is 5.97 Å². The van der Waals surface area contributed by atoms with Crippen molar-refractivity contribution in [1.82, 2.24) is 9.48 Å². The molecule has 0 spiro atoms. The minimum atomic E-state index is -4.68. The van der Waals surface area contributed by atoms with Crippen LogP contribution in [0.25, 0.3) is 16.7 Å². The summed E-state index contributed by atoms with van der Waals surface area (Å²) in [6.45, 7) is 14.0. The van der Waals surface area contributed by atoms with Gasteiger partial charge in [0, 0.05) is 74.3 Å². The van der Waals surface area contributed by atoms with Crippen molar-refractivity contribution in [3.8, 4) is 0 Å². The molecule has 72 heavy (non-hydrogen) atoms. The highest BCUT2D eigenvalue weighted by molar-refractivity contribution is 7.86. The first-order valence-corrected chi connectivity index (χ1v) is 27.7. The molecule has 0 saturated carbocycles. The van der Waals surface area contributed by atoms with Crippen LogP contribution in [-0.2, 0) is 53.7 Å². The van der Waals surface area contributed by atoms with Crippen molar-refractivity contribution in [3.63, 3.8) is 0 Å². The third-order valence-electron chi connectivity index (χ3n) is 14.2. The Kier molecular flexibility index (Phi) is 13.3. The van der Waals surface area contributed by atoms with Crippen LogP contribution in [0, 0.1) is 0 Å².